The summed E-state index contributed by atoms with van der Waals surface area (Å²) in [6.45, 7) is 0.401. The van der Waals surface area contributed by atoms with Crippen LogP contribution in [0.4, 0.5) is 4.79 Å². The maximum absolute atomic E-state index is 11.1. The molecule has 1 aromatic carbocycles. The molecule has 0 aliphatic carbocycles. The fraction of sp³-hybridized carbons (Fsp3) is 0.273. The Morgan fingerprint density at radius 3 is 3.00 bits per heavy atom. The Morgan fingerprint density at radius 2 is 2.31 bits per heavy atom. The molecule has 2 amide bonds. The lowest BCUT2D eigenvalue weighted by Gasteiger charge is -2.06. The van der Waals surface area contributed by atoms with Gasteiger partial charge in [0.1, 0.15) is 12.3 Å². The third-order valence-corrected chi connectivity index (χ3v) is 1.92. The van der Waals surface area contributed by atoms with Gasteiger partial charge in [-0.15, -0.1) is 0 Å². The van der Waals surface area contributed by atoms with E-state index in [0.717, 1.165) is 11.3 Å². The van der Waals surface area contributed by atoms with Crippen LogP contribution in [0.25, 0.3) is 0 Å². The van der Waals surface area contributed by atoms with Crippen LogP contribution in [-0.4, -0.2) is 19.7 Å². The SMILES string of the molecule is COc1cccc(CNC(=O)NCC#N)c1. The van der Waals surface area contributed by atoms with Crippen LogP contribution < -0.4 is 15.4 Å². The van der Waals surface area contributed by atoms with E-state index in [4.69, 9.17) is 10.00 Å². The summed E-state index contributed by atoms with van der Waals surface area (Å²) in [5, 5.41) is 13.3. The van der Waals surface area contributed by atoms with Crippen LogP contribution in [0.5, 0.6) is 5.75 Å². The van der Waals surface area contributed by atoms with Crippen molar-refractivity contribution in [1.82, 2.24) is 10.6 Å². The largest absolute Gasteiger partial charge is 0.497 e. The van der Waals surface area contributed by atoms with Gasteiger partial charge in [-0.1, -0.05) is 12.1 Å². The van der Waals surface area contributed by atoms with Crippen molar-refractivity contribution in [2.75, 3.05) is 13.7 Å². The molecule has 0 aromatic heterocycles. The number of ether oxygens (including phenoxy) is 1. The first-order valence-corrected chi connectivity index (χ1v) is 4.78. The molecule has 2 N–H and O–H groups in total. The summed E-state index contributed by atoms with van der Waals surface area (Å²) < 4.78 is 5.06. The molecule has 0 saturated heterocycles. The van der Waals surface area contributed by atoms with Crippen molar-refractivity contribution < 1.29 is 9.53 Å². The predicted octanol–water partition coefficient (Wildman–Crippen LogP) is 1.02. The third kappa shape index (κ3) is 3.88. The van der Waals surface area contributed by atoms with Crippen LogP contribution in [0.1, 0.15) is 5.56 Å². The van der Waals surface area contributed by atoms with Gasteiger partial charge >= 0.3 is 6.03 Å². The molecular weight excluding hydrogens is 206 g/mol. The molecule has 0 fully saturated rings. The van der Waals surface area contributed by atoms with Crippen molar-refractivity contribution in [3.05, 3.63) is 29.8 Å². The number of urea groups is 1. The molecule has 0 spiro atoms. The van der Waals surface area contributed by atoms with Crippen molar-refractivity contribution >= 4 is 6.03 Å². The van der Waals surface area contributed by atoms with Gasteiger partial charge in [0.15, 0.2) is 0 Å². The standard InChI is InChI=1S/C11H13N3O2/c1-16-10-4-2-3-9(7-10)8-14-11(15)13-6-5-12/h2-4,7H,6,8H2,1H3,(H2,13,14,15). The number of nitriles is 1. The highest BCUT2D eigenvalue weighted by molar-refractivity contribution is 5.74. The first-order chi connectivity index (χ1) is 7.76. The zero-order chi connectivity index (χ0) is 11.8. The highest BCUT2D eigenvalue weighted by Gasteiger charge is 1.99. The maximum Gasteiger partial charge on any atom is 0.315 e. The van der Waals surface area contributed by atoms with Crippen LogP contribution >= 0.6 is 0 Å². The fourth-order valence-corrected chi connectivity index (χ4v) is 1.15. The van der Waals surface area contributed by atoms with E-state index in [-0.39, 0.29) is 12.6 Å². The number of carbonyl (C=O) groups is 1. The molecule has 0 atom stereocenters. The van der Waals surface area contributed by atoms with E-state index < -0.39 is 0 Å². The van der Waals surface area contributed by atoms with E-state index in [1.807, 2.05) is 30.3 Å². The van der Waals surface area contributed by atoms with Crippen molar-refractivity contribution in [2.24, 2.45) is 0 Å². The second-order valence-corrected chi connectivity index (χ2v) is 3.05. The first kappa shape index (κ1) is 11.9. The number of nitrogens with zero attached hydrogens (tertiary/aromatic N) is 1. The van der Waals surface area contributed by atoms with Gasteiger partial charge in [-0.2, -0.15) is 5.26 Å². The topological polar surface area (TPSA) is 74.2 Å². The summed E-state index contributed by atoms with van der Waals surface area (Å²) in [5.41, 5.74) is 0.937. The van der Waals surface area contributed by atoms with Gasteiger partial charge in [-0.05, 0) is 17.7 Å². The Hall–Kier alpha value is -2.22. The van der Waals surface area contributed by atoms with Crippen molar-refractivity contribution in [3.63, 3.8) is 0 Å². The van der Waals surface area contributed by atoms with Gasteiger partial charge < -0.3 is 15.4 Å². The smallest absolute Gasteiger partial charge is 0.315 e. The first-order valence-electron chi connectivity index (χ1n) is 4.78. The summed E-state index contributed by atoms with van der Waals surface area (Å²) in [5.74, 6) is 0.747. The Labute approximate surface area is 94.0 Å². The second-order valence-electron chi connectivity index (χ2n) is 3.05. The van der Waals surface area contributed by atoms with Crippen LogP contribution in [0.15, 0.2) is 24.3 Å². The molecule has 0 saturated carbocycles. The van der Waals surface area contributed by atoms with Gasteiger partial charge in [-0.25, -0.2) is 4.79 Å². The molecular formula is C11H13N3O2. The van der Waals surface area contributed by atoms with E-state index in [1.54, 1.807) is 7.11 Å². The Bertz CT molecular complexity index is 398. The van der Waals surface area contributed by atoms with Gasteiger partial charge in [-0.3, -0.25) is 0 Å². The number of nitrogens with one attached hydrogen (secondary N) is 2. The highest BCUT2D eigenvalue weighted by atomic mass is 16.5. The van der Waals surface area contributed by atoms with E-state index in [1.165, 1.54) is 0 Å². The summed E-state index contributed by atoms with van der Waals surface area (Å²) >= 11 is 0. The van der Waals surface area contributed by atoms with Gasteiger partial charge in [0.2, 0.25) is 0 Å². The summed E-state index contributed by atoms with van der Waals surface area (Å²) in [6, 6.07) is 8.87. The fourth-order valence-electron chi connectivity index (χ4n) is 1.15. The lowest BCUT2D eigenvalue weighted by Crippen LogP contribution is -2.35. The predicted molar refractivity (Wildman–Crippen MR) is 58.8 cm³/mol. The molecule has 5 nitrogen and oxygen atoms in total. The van der Waals surface area contributed by atoms with Gasteiger partial charge in [0.05, 0.1) is 13.2 Å². The quantitative estimate of drug-likeness (QED) is 0.742. The summed E-state index contributed by atoms with van der Waals surface area (Å²) in [4.78, 5) is 11.1. The molecule has 0 unspecified atom stereocenters. The average Bonchev–Trinajstić information content (AvgIpc) is 2.34. The third-order valence-electron chi connectivity index (χ3n) is 1.92. The molecule has 1 rings (SSSR count). The van der Waals surface area contributed by atoms with Crippen LogP contribution in [0.3, 0.4) is 0 Å². The Kier molecular flexibility index (Phi) is 4.67. The number of hydrogen-bond acceptors (Lipinski definition) is 3. The number of carbonyl (C=O) groups excluding carboxylic acids is 1. The summed E-state index contributed by atoms with van der Waals surface area (Å²) in [7, 11) is 1.59. The van der Waals surface area contributed by atoms with E-state index in [9.17, 15) is 4.79 Å². The number of methoxy groups -OCH3 is 1. The molecule has 0 aliphatic heterocycles. The molecule has 0 bridgehead atoms. The average molecular weight is 219 g/mol. The zero-order valence-corrected chi connectivity index (χ0v) is 8.99. The van der Waals surface area contributed by atoms with Crippen molar-refractivity contribution in [2.45, 2.75) is 6.54 Å². The lowest BCUT2D eigenvalue weighted by atomic mass is 10.2. The van der Waals surface area contributed by atoms with E-state index in [0.29, 0.717) is 6.54 Å². The molecule has 0 aliphatic rings. The molecule has 1 aromatic rings. The minimum absolute atomic E-state index is 0.00391. The van der Waals surface area contributed by atoms with Crippen LogP contribution in [0, 0.1) is 11.3 Å². The number of hydrogen-bond donors (Lipinski definition) is 2. The Morgan fingerprint density at radius 1 is 1.50 bits per heavy atom. The van der Waals surface area contributed by atoms with Gasteiger partial charge in [0.25, 0.3) is 0 Å². The lowest BCUT2D eigenvalue weighted by molar-refractivity contribution is 0.241. The minimum atomic E-state index is -0.357. The zero-order valence-electron chi connectivity index (χ0n) is 8.99. The number of benzene rings is 1. The number of amides is 2. The molecule has 16 heavy (non-hydrogen) atoms. The van der Waals surface area contributed by atoms with Crippen LogP contribution in [-0.2, 0) is 6.54 Å². The molecule has 84 valence electrons. The second kappa shape index (κ2) is 6.30. The molecule has 0 radical (unpaired) electrons. The van der Waals surface area contributed by atoms with E-state index >= 15 is 0 Å². The normalized spacial score (nSPS) is 9.00. The minimum Gasteiger partial charge on any atom is -0.497 e. The Balaban J connectivity index is 2.42. The molecule has 5 heteroatoms. The van der Waals surface area contributed by atoms with Crippen molar-refractivity contribution in [3.8, 4) is 11.8 Å². The van der Waals surface area contributed by atoms with Gasteiger partial charge in [0, 0.05) is 6.54 Å². The molecule has 0 heterocycles. The van der Waals surface area contributed by atoms with E-state index in [2.05, 4.69) is 10.6 Å². The van der Waals surface area contributed by atoms with Crippen molar-refractivity contribution in [1.29, 1.82) is 5.26 Å². The number of rotatable bonds is 4. The summed E-state index contributed by atoms with van der Waals surface area (Å²) in [6.07, 6.45) is 0. The highest BCUT2D eigenvalue weighted by Crippen LogP contribution is 2.11. The maximum atomic E-state index is 11.1. The van der Waals surface area contributed by atoms with Crippen LogP contribution in [0.2, 0.25) is 0 Å². The monoisotopic (exact) mass is 219 g/mol.